The molecule has 0 aromatic heterocycles. The number of hydrogen-bond donors (Lipinski definition) is 1. The number of allylic oxidation sites excluding steroid dienone is 7. The Morgan fingerprint density at radius 1 is 0.957 bits per heavy atom. The number of carboxylic acids is 1. The van der Waals surface area contributed by atoms with E-state index in [0.717, 1.165) is 37.2 Å². The minimum atomic E-state index is -0.740. The maximum Gasteiger partial charge on any atom is 0.303 e. The van der Waals surface area contributed by atoms with E-state index in [2.05, 4.69) is 43.4 Å². The molecule has 0 bridgehead atoms. The molecule has 0 amide bonds. The Balaban J connectivity index is 1.97. The Morgan fingerprint density at radius 3 is 2.35 bits per heavy atom. The summed E-state index contributed by atoms with van der Waals surface area (Å²) in [6, 6.07) is 0. The van der Waals surface area contributed by atoms with Crippen molar-refractivity contribution in [1.29, 1.82) is 0 Å². The van der Waals surface area contributed by atoms with Crippen molar-refractivity contribution >= 4 is 5.97 Å². The van der Waals surface area contributed by atoms with Crippen LogP contribution in [0, 0.1) is 0 Å². The highest BCUT2D eigenvalue weighted by molar-refractivity contribution is 5.66. The fourth-order valence-corrected chi connectivity index (χ4v) is 2.23. The molecule has 0 aromatic carbocycles. The van der Waals surface area contributed by atoms with Gasteiger partial charge < -0.3 is 9.84 Å². The van der Waals surface area contributed by atoms with Gasteiger partial charge in [0.05, 0.1) is 0 Å². The average molecular weight is 318 g/mol. The molecule has 0 spiro atoms. The maximum absolute atomic E-state index is 10.4. The predicted octanol–water partition coefficient (Wildman–Crippen LogP) is 5.90. The van der Waals surface area contributed by atoms with E-state index in [0.29, 0.717) is 6.42 Å². The molecule has 1 heterocycles. The standard InChI is InChI=1S/C20H30O3/c1-2-3-4-5-6-7-8-9-10-11-12-13-15-18-19(23-18)16-14-17-20(21)22/h6-7,9-10,12-13H,2-5,8,11,14-17H2,1H3,(H,21,22). The fourth-order valence-electron chi connectivity index (χ4n) is 2.23. The second kappa shape index (κ2) is 12.7. The predicted molar refractivity (Wildman–Crippen MR) is 95.0 cm³/mol. The van der Waals surface area contributed by atoms with Crippen molar-refractivity contribution in [2.45, 2.75) is 71.1 Å². The van der Waals surface area contributed by atoms with Gasteiger partial charge in [0.25, 0.3) is 0 Å². The van der Waals surface area contributed by atoms with Gasteiger partial charge in [-0.1, -0.05) is 56.2 Å². The number of rotatable bonds is 14. The molecule has 0 fully saturated rings. The fraction of sp³-hybridized carbons (Fsp3) is 0.550. The van der Waals surface area contributed by atoms with Crippen molar-refractivity contribution in [2.24, 2.45) is 0 Å². The summed E-state index contributed by atoms with van der Waals surface area (Å²) in [6.45, 7) is 2.23. The Morgan fingerprint density at radius 2 is 1.65 bits per heavy atom. The lowest BCUT2D eigenvalue weighted by Crippen LogP contribution is -1.92. The first-order valence-corrected chi connectivity index (χ1v) is 8.80. The highest BCUT2D eigenvalue weighted by atomic mass is 16.6. The topological polar surface area (TPSA) is 49.8 Å². The van der Waals surface area contributed by atoms with Gasteiger partial charge in [0.15, 0.2) is 0 Å². The smallest absolute Gasteiger partial charge is 0.303 e. The van der Waals surface area contributed by atoms with Crippen LogP contribution < -0.4 is 0 Å². The van der Waals surface area contributed by atoms with Crippen LogP contribution in [-0.2, 0) is 9.53 Å². The molecule has 128 valence electrons. The van der Waals surface area contributed by atoms with Crippen LogP contribution in [0.1, 0.15) is 71.1 Å². The van der Waals surface area contributed by atoms with Gasteiger partial charge in [0.2, 0.25) is 0 Å². The number of hydrogen-bond acceptors (Lipinski definition) is 2. The quantitative estimate of drug-likeness (QED) is 0.320. The Hall–Kier alpha value is -1.77. The molecule has 3 heteroatoms. The van der Waals surface area contributed by atoms with Crippen LogP contribution in [-0.4, -0.2) is 11.1 Å². The molecule has 1 aliphatic heterocycles. The minimum absolute atomic E-state index is 0.216. The summed E-state index contributed by atoms with van der Waals surface area (Å²) < 4.78 is 5.36. The molecule has 0 saturated carbocycles. The summed E-state index contributed by atoms with van der Waals surface area (Å²) in [4.78, 5) is 10.4. The molecule has 0 aliphatic carbocycles. The first-order valence-electron chi connectivity index (χ1n) is 8.80. The lowest BCUT2D eigenvalue weighted by Gasteiger charge is -1.90. The summed E-state index contributed by atoms with van der Waals surface area (Å²) in [5.41, 5.74) is 0. The van der Waals surface area contributed by atoms with Crippen molar-refractivity contribution in [3.8, 4) is 0 Å². The second-order valence-corrected chi connectivity index (χ2v) is 5.78. The van der Waals surface area contributed by atoms with E-state index >= 15 is 0 Å². The molecular weight excluding hydrogens is 288 g/mol. The molecule has 1 N–H and O–H groups in total. The van der Waals surface area contributed by atoms with Crippen molar-refractivity contribution in [3.63, 3.8) is 0 Å². The minimum Gasteiger partial charge on any atom is -0.481 e. The Labute approximate surface area is 140 Å². The summed E-state index contributed by atoms with van der Waals surface area (Å²) in [5.74, 6) is 1.26. The summed E-state index contributed by atoms with van der Waals surface area (Å²) in [6.07, 6.45) is 22.7. The van der Waals surface area contributed by atoms with E-state index in [1.165, 1.54) is 25.7 Å². The van der Waals surface area contributed by atoms with E-state index < -0.39 is 5.97 Å². The van der Waals surface area contributed by atoms with Crippen LogP contribution in [0.4, 0.5) is 0 Å². The zero-order chi connectivity index (χ0) is 16.8. The Kier molecular flexibility index (Phi) is 10.7. The summed E-state index contributed by atoms with van der Waals surface area (Å²) >= 11 is 0. The third-order valence-electron chi connectivity index (χ3n) is 3.63. The molecule has 1 rings (SSSR count). The van der Waals surface area contributed by atoms with Gasteiger partial charge in [0, 0.05) is 19.3 Å². The third kappa shape index (κ3) is 11.5. The largest absolute Gasteiger partial charge is 0.481 e. The number of carbonyl (C=O) groups is 1. The lowest BCUT2D eigenvalue weighted by molar-refractivity contribution is -0.137. The molecule has 0 saturated heterocycles. The highest BCUT2D eigenvalue weighted by Gasteiger charge is 2.22. The van der Waals surface area contributed by atoms with Gasteiger partial charge in [-0.3, -0.25) is 4.79 Å². The van der Waals surface area contributed by atoms with Crippen molar-refractivity contribution < 1.29 is 14.6 Å². The number of carboxylic acid groups (broad SMARTS) is 1. The van der Waals surface area contributed by atoms with Crippen LogP contribution in [0.25, 0.3) is 0 Å². The van der Waals surface area contributed by atoms with Crippen molar-refractivity contribution in [2.75, 3.05) is 0 Å². The van der Waals surface area contributed by atoms with Crippen LogP contribution in [0.15, 0.2) is 48.0 Å². The molecular formula is C20H30O3. The zero-order valence-corrected chi connectivity index (χ0v) is 14.3. The van der Waals surface area contributed by atoms with E-state index in [9.17, 15) is 4.79 Å². The van der Waals surface area contributed by atoms with Crippen molar-refractivity contribution in [1.82, 2.24) is 0 Å². The van der Waals surface area contributed by atoms with Gasteiger partial charge in [-0.25, -0.2) is 0 Å². The first kappa shape index (κ1) is 19.3. The number of ether oxygens (including phenoxy) is 1. The third-order valence-corrected chi connectivity index (χ3v) is 3.63. The second-order valence-electron chi connectivity index (χ2n) is 5.78. The van der Waals surface area contributed by atoms with Crippen LogP contribution in [0.3, 0.4) is 0 Å². The van der Waals surface area contributed by atoms with Crippen LogP contribution >= 0.6 is 0 Å². The van der Waals surface area contributed by atoms with E-state index in [1.807, 2.05) is 0 Å². The number of aliphatic carboxylic acids is 1. The maximum atomic E-state index is 10.4. The highest BCUT2D eigenvalue weighted by Crippen LogP contribution is 2.33. The molecule has 0 radical (unpaired) electrons. The molecule has 0 atom stereocenters. The normalized spacial score (nSPS) is 14.3. The monoisotopic (exact) mass is 318 g/mol. The van der Waals surface area contributed by atoms with Crippen LogP contribution in [0.2, 0.25) is 0 Å². The Bertz CT molecular complexity index is 456. The molecule has 0 aromatic rings. The lowest BCUT2D eigenvalue weighted by atomic mass is 10.2. The van der Waals surface area contributed by atoms with Gasteiger partial charge in [-0.2, -0.15) is 0 Å². The summed E-state index contributed by atoms with van der Waals surface area (Å²) in [5, 5.41) is 8.56. The van der Waals surface area contributed by atoms with Crippen molar-refractivity contribution in [3.05, 3.63) is 48.0 Å². The number of unbranched alkanes of at least 4 members (excludes halogenated alkanes) is 3. The van der Waals surface area contributed by atoms with Gasteiger partial charge >= 0.3 is 5.97 Å². The molecule has 23 heavy (non-hydrogen) atoms. The van der Waals surface area contributed by atoms with E-state index in [-0.39, 0.29) is 6.42 Å². The molecule has 0 unspecified atom stereocenters. The first-order chi connectivity index (χ1) is 11.2. The van der Waals surface area contributed by atoms with Gasteiger partial charge in [-0.05, 0) is 32.1 Å². The van der Waals surface area contributed by atoms with Crippen LogP contribution in [0.5, 0.6) is 0 Å². The molecule has 3 nitrogen and oxygen atoms in total. The van der Waals surface area contributed by atoms with E-state index in [4.69, 9.17) is 9.84 Å². The molecule has 1 aliphatic rings. The summed E-state index contributed by atoms with van der Waals surface area (Å²) in [7, 11) is 0. The SMILES string of the molecule is CCCCCC=CCC=CCC=CCC1=C(CCCC(=O)O)O1. The zero-order valence-electron chi connectivity index (χ0n) is 14.3. The van der Waals surface area contributed by atoms with E-state index in [1.54, 1.807) is 0 Å². The van der Waals surface area contributed by atoms with Gasteiger partial charge in [-0.15, -0.1) is 0 Å². The average Bonchev–Trinajstić information content (AvgIpc) is 3.26. The van der Waals surface area contributed by atoms with Gasteiger partial charge in [0.1, 0.15) is 11.5 Å².